The summed E-state index contributed by atoms with van der Waals surface area (Å²) in [6.45, 7) is 1.57. The van der Waals surface area contributed by atoms with Crippen molar-refractivity contribution in [3.05, 3.63) is 29.8 Å². The van der Waals surface area contributed by atoms with Crippen molar-refractivity contribution in [2.45, 2.75) is 12.8 Å². The lowest BCUT2D eigenvalue weighted by atomic mass is 9.98. The Labute approximate surface area is 105 Å². The smallest absolute Gasteiger partial charge is 0.231 e. The average Bonchev–Trinajstić information content (AvgIpc) is 2.41. The maximum atomic E-state index is 13.1. The van der Waals surface area contributed by atoms with E-state index in [1.165, 1.54) is 11.0 Å². The van der Waals surface area contributed by atoms with Gasteiger partial charge in [0.2, 0.25) is 5.91 Å². The summed E-state index contributed by atoms with van der Waals surface area (Å²) in [5.41, 5.74) is 0.379. The van der Waals surface area contributed by atoms with E-state index in [9.17, 15) is 13.6 Å². The molecule has 1 aliphatic rings. The molecule has 1 aromatic rings. The van der Waals surface area contributed by atoms with Gasteiger partial charge in [-0.2, -0.15) is 0 Å². The summed E-state index contributed by atoms with van der Waals surface area (Å²) in [5, 5.41) is 3.16. The topological polar surface area (TPSA) is 32.3 Å². The minimum Gasteiger partial charge on any atom is -0.316 e. The summed E-state index contributed by atoms with van der Waals surface area (Å²) < 4.78 is 25.9. The molecule has 1 heterocycles. The lowest BCUT2D eigenvalue weighted by Gasteiger charge is -2.27. The number of amides is 1. The van der Waals surface area contributed by atoms with Gasteiger partial charge in [0.05, 0.1) is 5.92 Å². The molecule has 98 valence electrons. The number of carbonyl (C=O) groups is 1. The van der Waals surface area contributed by atoms with Crippen molar-refractivity contribution in [2.24, 2.45) is 5.92 Å². The molecule has 1 saturated heterocycles. The van der Waals surface area contributed by atoms with Gasteiger partial charge in [0.15, 0.2) is 11.6 Å². The number of halogens is 2. The lowest BCUT2D eigenvalue weighted by molar-refractivity contribution is -0.122. The number of carbonyl (C=O) groups excluding carboxylic acids is 1. The van der Waals surface area contributed by atoms with Crippen LogP contribution in [0.15, 0.2) is 18.2 Å². The van der Waals surface area contributed by atoms with E-state index in [0.29, 0.717) is 12.2 Å². The van der Waals surface area contributed by atoms with E-state index in [2.05, 4.69) is 5.32 Å². The maximum absolute atomic E-state index is 13.1. The molecule has 1 amide bonds. The number of hydrogen-bond donors (Lipinski definition) is 1. The Kier molecular flexibility index (Phi) is 3.91. The molecule has 1 aromatic carbocycles. The van der Waals surface area contributed by atoms with Gasteiger partial charge in [0.1, 0.15) is 0 Å². The van der Waals surface area contributed by atoms with Crippen LogP contribution in [0.1, 0.15) is 12.8 Å². The van der Waals surface area contributed by atoms with Crippen LogP contribution in [0.25, 0.3) is 0 Å². The fourth-order valence-corrected chi connectivity index (χ4v) is 2.16. The number of piperidine rings is 1. The third-order valence-electron chi connectivity index (χ3n) is 3.27. The standard InChI is InChI=1S/C13H16F2N2O/c1-17(10-4-5-11(14)12(15)7-10)13(18)9-3-2-6-16-8-9/h4-5,7,9,16H,2-3,6,8H2,1H3. The highest BCUT2D eigenvalue weighted by atomic mass is 19.2. The van der Waals surface area contributed by atoms with Crippen molar-refractivity contribution < 1.29 is 13.6 Å². The molecule has 1 unspecified atom stereocenters. The Bertz CT molecular complexity index is 445. The van der Waals surface area contributed by atoms with E-state index >= 15 is 0 Å². The molecular weight excluding hydrogens is 238 g/mol. The molecule has 0 aromatic heterocycles. The van der Waals surface area contributed by atoms with Crippen LogP contribution in [0.2, 0.25) is 0 Å². The number of hydrogen-bond acceptors (Lipinski definition) is 2. The molecule has 3 nitrogen and oxygen atoms in total. The van der Waals surface area contributed by atoms with Crippen LogP contribution >= 0.6 is 0 Å². The van der Waals surface area contributed by atoms with Crippen molar-refractivity contribution in [3.63, 3.8) is 0 Å². The molecule has 18 heavy (non-hydrogen) atoms. The fourth-order valence-electron chi connectivity index (χ4n) is 2.16. The van der Waals surface area contributed by atoms with Crippen molar-refractivity contribution in [2.75, 3.05) is 25.0 Å². The SMILES string of the molecule is CN(C(=O)C1CCCNC1)c1ccc(F)c(F)c1. The Morgan fingerprint density at radius 1 is 1.39 bits per heavy atom. The molecule has 0 bridgehead atoms. The van der Waals surface area contributed by atoms with Gasteiger partial charge in [0, 0.05) is 25.3 Å². The molecule has 1 atom stereocenters. The van der Waals surface area contributed by atoms with Crippen molar-refractivity contribution in [3.8, 4) is 0 Å². The number of anilines is 1. The summed E-state index contributed by atoms with van der Waals surface area (Å²) >= 11 is 0. The van der Waals surface area contributed by atoms with Crippen LogP contribution in [0.4, 0.5) is 14.5 Å². The van der Waals surface area contributed by atoms with Crippen LogP contribution in [-0.2, 0) is 4.79 Å². The first kappa shape index (κ1) is 13.0. The lowest BCUT2D eigenvalue weighted by Crippen LogP contribution is -2.41. The highest BCUT2D eigenvalue weighted by molar-refractivity contribution is 5.94. The van der Waals surface area contributed by atoms with E-state index in [1.807, 2.05) is 0 Å². The van der Waals surface area contributed by atoms with Crippen molar-refractivity contribution in [1.82, 2.24) is 5.32 Å². The van der Waals surface area contributed by atoms with Crippen LogP contribution in [0, 0.1) is 17.6 Å². The van der Waals surface area contributed by atoms with Gasteiger partial charge >= 0.3 is 0 Å². The maximum Gasteiger partial charge on any atom is 0.231 e. The molecule has 2 rings (SSSR count). The predicted molar refractivity (Wildman–Crippen MR) is 65.4 cm³/mol. The minimum atomic E-state index is -0.936. The van der Waals surface area contributed by atoms with Gasteiger partial charge in [-0.1, -0.05) is 0 Å². The second kappa shape index (κ2) is 5.44. The number of benzene rings is 1. The van der Waals surface area contributed by atoms with E-state index in [1.54, 1.807) is 7.05 Å². The minimum absolute atomic E-state index is 0.0618. The Morgan fingerprint density at radius 3 is 2.78 bits per heavy atom. The first-order valence-electron chi connectivity index (χ1n) is 6.03. The molecule has 0 aliphatic carbocycles. The van der Waals surface area contributed by atoms with Gasteiger partial charge in [0.25, 0.3) is 0 Å². The normalized spacial score (nSPS) is 19.6. The Hall–Kier alpha value is -1.49. The Morgan fingerprint density at radius 2 is 2.17 bits per heavy atom. The monoisotopic (exact) mass is 254 g/mol. The zero-order valence-electron chi connectivity index (χ0n) is 10.2. The van der Waals surface area contributed by atoms with Gasteiger partial charge in [-0.25, -0.2) is 8.78 Å². The zero-order valence-corrected chi connectivity index (χ0v) is 10.2. The highest BCUT2D eigenvalue weighted by Gasteiger charge is 2.24. The first-order chi connectivity index (χ1) is 8.59. The van der Waals surface area contributed by atoms with E-state index in [-0.39, 0.29) is 11.8 Å². The second-order valence-electron chi connectivity index (χ2n) is 4.54. The molecule has 0 spiro atoms. The van der Waals surface area contributed by atoms with Crippen LogP contribution in [0.5, 0.6) is 0 Å². The quantitative estimate of drug-likeness (QED) is 0.874. The van der Waals surface area contributed by atoms with Gasteiger partial charge in [-0.05, 0) is 31.5 Å². The molecule has 1 aliphatic heterocycles. The van der Waals surface area contributed by atoms with Gasteiger partial charge < -0.3 is 10.2 Å². The van der Waals surface area contributed by atoms with Crippen molar-refractivity contribution >= 4 is 11.6 Å². The van der Waals surface area contributed by atoms with E-state index < -0.39 is 11.6 Å². The third-order valence-corrected chi connectivity index (χ3v) is 3.27. The van der Waals surface area contributed by atoms with E-state index in [4.69, 9.17) is 0 Å². The summed E-state index contributed by atoms with van der Waals surface area (Å²) in [4.78, 5) is 13.6. The Balaban J connectivity index is 2.11. The van der Waals surface area contributed by atoms with Crippen LogP contribution < -0.4 is 10.2 Å². The number of nitrogens with zero attached hydrogens (tertiary/aromatic N) is 1. The molecule has 1 N–H and O–H groups in total. The molecule has 1 fully saturated rings. The summed E-state index contributed by atoms with van der Waals surface area (Å²) in [5.74, 6) is -1.99. The molecule has 0 radical (unpaired) electrons. The summed E-state index contributed by atoms with van der Waals surface area (Å²) in [6.07, 6.45) is 1.79. The summed E-state index contributed by atoms with van der Waals surface area (Å²) in [7, 11) is 1.59. The molecule has 0 saturated carbocycles. The second-order valence-corrected chi connectivity index (χ2v) is 4.54. The van der Waals surface area contributed by atoms with Gasteiger partial charge in [-0.3, -0.25) is 4.79 Å². The van der Waals surface area contributed by atoms with E-state index in [0.717, 1.165) is 31.5 Å². The average molecular weight is 254 g/mol. The fraction of sp³-hybridized carbons (Fsp3) is 0.462. The van der Waals surface area contributed by atoms with Crippen LogP contribution in [-0.4, -0.2) is 26.0 Å². The largest absolute Gasteiger partial charge is 0.316 e. The first-order valence-corrected chi connectivity index (χ1v) is 6.03. The van der Waals surface area contributed by atoms with Gasteiger partial charge in [-0.15, -0.1) is 0 Å². The highest BCUT2D eigenvalue weighted by Crippen LogP contribution is 2.20. The number of nitrogens with one attached hydrogen (secondary N) is 1. The molecule has 5 heteroatoms. The third kappa shape index (κ3) is 2.67. The predicted octanol–water partition coefficient (Wildman–Crippen LogP) is 1.93. The zero-order chi connectivity index (χ0) is 13.1. The molecular formula is C13H16F2N2O. The van der Waals surface area contributed by atoms with Crippen molar-refractivity contribution in [1.29, 1.82) is 0 Å². The van der Waals surface area contributed by atoms with Crippen LogP contribution in [0.3, 0.4) is 0 Å². The number of rotatable bonds is 2. The summed E-state index contributed by atoms with van der Waals surface area (Å²) in [6, 6.07) is 3.49.